The Balaban J connectivity index is 1.66. The molecule has 23 nitrogen and oxygen atoms in total. The third-order valence-electron chi connectivity index (χ3n) is 10.5. The highest BCUT2D eigenvalue weighted by atomic mass is 127. The molecule has 9 atom stereocenters. The van der Waals surface area contributed by atoms with Gasteiger partial charge >= 0.3 is 0 Å². The monoisotopic (exact) mass is 990 g/mol. The lowest BCUT2D eigenvalue weighted by Gasteiger charge is -2.31. The maximum absolute atomic E-state index is 14.4. The molecule has 4 rings (SSSR count). The molecule has 13 N–H and O–H groups in total. The molecule has 1 saturated carbocycles. The van der Waals surface area contributed by atoms with E-state index in [0.29, 0.717) is 22.2 Å². The predicted molar refractivity (Wildman–Crippen MR) is 224 cm³/mol. The first-order valence-corrected chi connectivity index (χ1v) is 21.4. The van der Waals surface area contributed by atoms with Gasteiger partial charge in [0, 0.05) is 50.1 Å². The van der Waals surface area contributed by atoms with E-state index < -0.39 is 138 Å². The van der Waals surface area contributed by atoms with Crippen molar-refractivity contribution in [3.8, 4) is 5.75 Å². The molecule has 336 valence electrons. The Bertz CT molecular complexity index is 2050. The van der Waals surface area contributed by atoms with E-state index in [4.69, 9.17) is 8.80 Å². The molecule has 2 heterocycles. The number of aromatic nitrogens is 1. The highest BCUT2D eigenvalue weighted by Crippen LogP contribution is 2.47. The van der Waals surface area contributed by atoms with Crippen molar-refractivity contribution in [3.63, 3.8) is 0 Å². The van der Waals surface area contributed by atoms with Gasteiger partial charge < -0.3 is 65.9 Å². The summed E-state index contributed by atoms with van der Waals surface area (Å²) in [7, 11) is 1.23. The normalized spacial score (nSPS) is 21.1. The molecule has 2 aromatic rings. The van der Waals surface area contributed by atoms with Crippen molar-refractivity contribution < 1.29 is 61.0 Å². The van der Waals surface area contributed by atoms with Gasteiger partial charge in [-0.3, -0.25) is 47.9 Å². The van der Waals surface area contributed by atoms with E-state index in [-0.39, 0.29) is 24.4 Å². The van der Waals surface area contributed by atoms with Crippen molar-refractivity contribution in [1.82, 2.24) is 47.1 Å². The first-order valence-electron chi connectivity index (χ1n) is 19.0. The van der Waals surface area contributed by atoms with Crippen LogP contribution in [0.5, 0.6) is 5.75 Å². The molecular formula is C36H51IN10O13S. The van der Waals surface area contributed by atoms with Crippen LogP contribution in [0.3, 0.4) is 0 Å². The summed E-state index contributed by atoms with van der Waals surface area (Å²) in [5, 5.41) is 49.8. The number of hydrogen-bond acceptors (Lipinski definition) is 15. The Morgan fingerprint density at radius 2 is 1.72 bits per heavy atom. The maximum atomic E-state index is 14.4. The molecule has 1 saturated heterocycles. The molecule has 1 aromatic heterocycles. The number of nitrogens with one attached hydrogen (secondary N) is 8. The molecule has 0 bridgehead atoms. The van der Waals surface area contributed by atoms with Crippen LogP contribution in [0.1, 0.15) is 25.3 Å². The number of hydrogen-bond donors (Lipinski definition) is 12. The van der Waals surface area contributed by atoms with Crippen LogP contribution in [0.25, 0.3) is 10.9 Å². The molecule has 1 aliphatic heterocycles. The number of carbonyl (C=O) groups is 8. The predicted octanol–water partition coefficient (Wildman–Crippen LogP) is -5.55. The Labute approximate surface area is 365 Å². The SMILES string of the molecule is CNCC(=O)NCC(=O)N[C@@H](CC(N)=O)C(=O)N1C[C@H](O)CC12C(=O)C2N[C@H](C(=O)N[C@@H](Cc1c(S(C)=O)[nH]c2cc(OI)ccc12)C(=O)NCC(=O)NC)[C@@H](C)[C@@H](O)CO. The molecule has 25 heteroatoms. The number of likely N-dealkylation sites (N-methyl/N-ethyl adjacent to an activating group) is 2. The number of halogens is 1. The molecule has 7 amide bonds. The summed E-state index contributed by atoms with van der Waals surface area (Å²) < 4.78 is 18.2. The number of fused-ring (bicyclic) bond motifs is 1. The number of nitrogens with two attached hydrogens (primary N) is 1. The summed E-state index contributed by atoms with van der Waals surface area (Å²) in [4.78, 5) is 109. The smallest absolute Gasteiger partial charge is 0.246 e. The lowest BCUT2D eigenvalue weighted by Crippen LogP contribution is -2.59. The van der Waals surface area contributed by atoms with Gasteiger partial charge in [0.1, 0.15) is 34.4 Å². The van der Waals surface area contributed by atoms with Gasteiger partial charge in [-0.1, -0.05) is 6.92 Å². The largest absolute Gasteiger partial charge is 0.428 e. The topological polar surface area (TPSA) is 353 Å². The third kappa shape index (κ3) is 11.6. The number of benzene rings is 1. The number of rotatable bonds is 22. The second-order valence-electron chi connectivity index (χ2n) is 14.7. The minimum absolute atomic E-state index is 0.109. The molecule has 1 aliphatic carbocycles. The molecule has 61 heavy (non-hydrogen) atoms. The Morgan fingerprint density at radius 3 is 2.33 bits per heavy atom. The van der Waals surface area contributed by atoms with E-state index >= 15 is 0 Å². The number of nitrogens with zero attached hydrogens (tertiary/aromatic N) is 1. The standard InChI is InChI=1S/C36H51IN10O13S/c1-16(24(50)15-48)29(33(57)44-22(32(56)42-12-26(52)40-3)8-20-19-6-5-18(60-37)7-21(19)45-34(20)61(4)59)46-30-31(55)36(30)10-17(49)14-47(36)35(58)23(9-25(38)51)43-28(54)13-41-27(53)11-39-2/h5-7,16-17,22-24,29-30,39,45-46,48-50H,8-15H2,1-4H3,(H2,38,51)(H,40,52)(H,41,53)(H,42,56)(H,43,54)(H,44,57)/t16-,17+,22-,23-,24-,29-,30?,36?,61?/m0/s1. The molecule has 2 aliphatic rings. The van der Waals surface area contributed by atoms with Crippen LogP contribution in [0.2, 0.25) is 0 Å². The van der Waals surface area contributed by atoms with Crippen LogP contribution < -0.4 is 46.0 Å². The number of aromatic amines is 1. The van der Waals surface area contributed by atoms with Gasteiger partial charge in [0.25, 0.3) is 0 Å². The fraction of sp³-hybridized carbons (Fsp3) is 0.556. The average Bonchev–Trinajstić information content (AvgIpc) is 3.45. The number of ketones is 1. The van der Waals surface area contributed by atoms with Gasteiger partial charge in [-0.15, -0.1) is 0 Å². The first-order chi connectivity index (χ1) is 28.8. The van der Waals surface area contributed by atoms with Crippen molar-refractivity contribution >= 4 is 91.8 Å². The zero-order chi connectivity index (χ0) is 45.3. The van der Waals surface area contributed by atoms with Crippen molar-refractivity contribution in [1.29, 1.82) is 0 Å². The van der Waals surface area contributed by atoms with Gasteiger partial charge in [-0.05, 0) is 24.7 Å². The Hall–Kier alpha value is -4.80. The number of Topliss-reactive ketones (excluding diaryl/α,β-unsaturated/α-hetero) is 1. The average molecular weight is 991 g/mol. The maximum Gasteiger partial charge on any atom is 0.246 e. The van der Waals surface area contributed by atoms with Crippen LogP contribution >= 0.6 is 23.0 Å². The van der Waals surface area contributed by atoms with Gasteiger partial charge in [0.2, 0.25) is 41.4 Å². The summed E-state index contributed by atoms with van der Waals surface area (Å²) in [5.41, 5.74) is 4.47. The molecule has 0 radical (unpaired) electrons. The first kappa shape index (κ1) is 48.9. The van der Waals surface area contributed by atoms with Crippen molar-refractivity contribution in [2.45, 2.75) is 73.1 Å². The van der Waals surface area contributed by atoms with E-state index in [1.54, 1.807) is 41.2 Å². The number of H-pyrrole nitrogens is 1. The van der Waals surface area contributed by atoms with Crippen LogP contribution in [-0.4, -0.2) is 172 Å². The lowest BCUT2D eigenvalue weighted by molar-refractivity contribution is -0.140. The molecule has 1 aromatic carbocycles. The minimum atomic E-state index is -1.81. The molecule has 3 unspecified atom stereocenters. The van der Waals surface area contributed by atoms with Crippen LogP contribution in [0.15, 0.2) is 23.2 Å². The summed E-state index contributed by atoms with van der Waals surface area (Å²) in [6.07, 6.45) is -2.75. The zero-order valence-corrected chi connectivity index (χ0v) is 36.6. The fourth-order valence-corrected chi connectivity index (χ4v) is 8.35. The number of primary amides is 1. The van der Waals surface area contributed by atoms with Gasteiger partial charge in [0.05, 0.1) is 67.2 Å². The second kappa shape index (κ2) is 21.3. The second-order valence-corrected chi connectivity index (χ2v) is 16.5. The number of likely N-dealkylation sites (tertiary alicyclic amines) is 1. The summed E-state index contributed by atoms with van der Waals surface area (Å²) >= 11 is 1.69. The van der Waals surface area contributed by atoms with Crippen molar-refractivity contribution in [2.24, 2.45) is 11.7 Å². The van der Waals surface area contributed by atoms with Gasteiger partial charge in [0.15, 0.2) is 28.8 Å². The van der Waals surface area contributed by atoms with E-state index in [1.165, 1.54) is 27.3 Å². The van der Waals surface area contributed by atoms with E-state index in [2.05, 4.69) is 42.2 Å². The highest BCUT2D eigenvalue weighted by molar-refractivity contribution is 14.1. The number of carbonyl (C=O) groups excluding carboxylic acids is 8. The summed E-state index contributed by atoms with van der Waals surface area (Å²) in [6.45, 7) is -1.04. The number of β-amino-alcohol motifs (C(OH)–C–C–N with tert-alkyl or cyclic N) is 1. The summed E-state index contributed by atoms with van der Waals surface area (Å²) in [5.74, 6) is -7.12. The van der Waals surface area contributed by atoms with Crippen LogP contribution in [0.4, 0.5) is 0 Å². The van der Waals surface area contributed by atoms with Crippen molar-refractivity contribution in [3.05, 3.63) is 23.8 Å². The summed E-state index contributed by atoms with van der Waals surface area (Å²) in [6, 6.07) is -1.12. The number of amides is 7. The molecule has 1 spiro atoms. The fourth-order valence-electron chi connectivity index (χ4n) is 7.28. The lowest BCUT2D eigenvalue weighted by atomic mass is 9.94. The van der Waals surface area contributed by atoms with Gasteiger partial charge in [-0.25, -0.2) is 0 Å². The van der Waals surface area contributed by atoms with Crippen molar-refractivity contribution in [2.75, 3.05) is 53.1 Å². The third-order valence-corrected chi connectivity index (χ3v) is 11.9. The Kier molecular flexibility index (Phi) is 17.1. The number of aliphatic hydroxyl groups is 3. The zero-order valence-electron chi connectivity index (χ0n) is 33.7. The number of aliphatic hydroxyl groups excluding tert-OH is 3. The molecular weight excluding hydrogens is 939 g/mol. The van der Waals surface area contributed by atoms with Crippen LogP contribution in [-0.2, 0) is 55.6 Å². The van der Waals surface area contributed by atoms with E-state index in [0.717, 1.165) is 4.90 Å². The minimum Gasteiger partial charge on any atom is -0.428 e. The Morgan fingerprint density at radius 1 is 1.03 bits per heavy atom. The quantitative estimate of drug-likeness (QED) is 0.0490. The van der Waals surface area contributed by atoms with Gasteiger partial charge in [-0.2, -0.15) is 0 Å². The van der Waals surface area contributed by atoms with Crippen LogP contribution in [0, 0.1) is 5.92 Å². The van der Waals surface area contributed by atoms with E-state index in [9.17, 15) is 57.9 Å². The highest BCUT2D eigenvalue weighted by Gasteiger charge is 2.73. The van der Waals surface area contributed by atoms with E-state index in [1.807, 2.05) is 0 Å². The molecule has 2 fully saturated rings.